The molecule has 3 atom stereocenters. The number of fused-ring (bicyclic) bond motifs is 1. The van der Waals surface area contributed by atoms with Gasteiger partial charge in [-0.25, -0.2) is 9.59 Å². The summed E-state index contributed by atoms with van der Waals surface area (Å²) >= 11 is 0. The van der Waals surface area contributed by atoms with Crippen molar-refractivity contribution >= 4 is 12.1 Å². The number of hydrogen-bond donors (Lipinski definition) is 2. The normalized spacial score (nSPS) is 24.0. The predicted octanol–water partition coefficient (Wildman–Crippen LogP) is 2.15. The van der Waals surface area contributed by atoms with Crippen molar-refractivity contribution in [3.05, 3.63) is 35.6 Å². The minimum absolute atomic E-state index is 0.128. The zero-order valence-electron chi connectivity index (χ0n) is 18.3. The van der Waals surface area contributed by atoms with Crippen LogP contribution in [0.3, 0.4) is 0 Å². The summed E-state index contributed by atoms with van der Waals surface area (Å²) in [6, 6.07) is 4.99. The van der Waals surface area contributed by atoms with Crippen molar-refractivity contribution in [1.82, 2.24) is 10.2 Å². The van der Waals surface area contributed by atoms with E-state index in [1.54, 1.807) is 14.2 Å². The lowest BCUT2D eigenvalue weighted by Gasteiger charge is -2.40. The Morgan fingerprint density at radius 1 is 1.26 bits per heavy atom. The first kappa shape index (κ1) is 22.9. The molecular weight excluding hydrogens is 404 g/mol. The first-order chi connectivity index (χ1) is 14.8. The number of aliphatic carboxylic acids is 1. The fourth-order valence-corrected chi connectivity index (χ4v) is 4.60. The first-order valence-corrected chi connectivity index (χ1v) is 10.2. The highest BCUT2D eigenvalue weighted by Gasteiger charge is 2.49. The fourth-order valence-electron chi connectivity index (χ4n) is 4.60. The maximum Gasteiger partial charge on any atom is 0.413 e. The van der Waals surface area contributed by atoms with Gasteiger partial charge >= 0.3 is 12.1 Å². The van der Waals surface area contributed by atoms with Crippen LogP contribution < -0.4 is 14.8 Å². The molecule has 0 unspecified atom stereocenters. The minimum Gasteiger partial charge on any atom is -0.493 e. The molecule has 0 bridgehead atoms. The fraction of sp³-hybridized carbons (Fsp3) is 0.545. The quantitative estimate of drug-likeness (QED) is 0.641. The van der Waals surface area contributed by atoms with Crippen LogP contribution in [0.5, 0.6) is 11.5 Å². The van der Waals surface area contributed by atoms with E-state index in [1.165, 1.54) is 7.11 Å². The Labute approximate surface area is 181 Å². The molecule has 9 heteroatoms. The lowest BCUT2D eigenvalue weighted by molar-refractivity contribution is -0.140. The average molecular weight is 434 g/mol. The maximum absolute atomic E-state index is 12.2. The van der Waals surface area contributed by atoms with Gasteiger partial charge in [-0.05, 0) is 50.2 Å². The Bertz CT molecular complexity index is 856. The summed E-state index contributed by atoms with van der Waals surface area (Å²) in [5, 5.41) is 11.5. The molecule has 2 aliphatic rings. The van der Waals surface area contributed by atoms with Gasteiger partial charge in [0.1, 0.15) is 5.76 Å². The molecule has 9 nitrogen and oxygen atoms in total. The van der Waals surface area contributed by atoms with Crippen molar-refractivity contribution in [2.45, 2.75) is 36.8 Å². The number of benzene rings is 1. The summed E-state index contributed by atoms with van der Waals surface area (Å²) in [6.07, 6.45) is 3.34. The number of allylic oxidation sites excluding steroid dienone is 1. The molecule has 3 rings (SSSR count). The molecule has 1 fully saturated rings. The van der Waals surface area contributed by atoms with Crippen molar-refractivity contribution in [3.63, 3.8) is 0 Å². The van der Waals surface area contributed by atoms with E-state index in [2.05, 4.69) is 23.3 Å². The van der Waals surface area contributed by atoms with Crippen molar-refractivity contribution in [2.75, 3.05) is 41.5 Å². The van der Waals surface area contributed by atoms with Crippen molar-refractivity contribution in [2.24, 2.45) is 0 Å². The van der Waals surface area contributed by atoms with E-state index in [0.29, 0.717) is 30.1 Å². The van der Waals surface area contributed by atoms with Crippen molar-refractivity contribution < 1.29 is 33.6 Å². The van der Waals surface area contributed by atoms with E-state index < -0.39 is 18.1 Å². The minimum atomic E-state index is -1.18. The summed E-state index contributed by atoms with van der Waals surface area (Å²) in [5.74, 6) is 0.723. The molecule has 170 valence electrons. The third-order valence-electron chi connectivity index (χ3n) is 6.27. The van der Waals surface area contributed by atoms with Gasteiger partial charge in [0.15, 0.2) is 17.5 Å². The van der Waals surface area contributed by atoms with E-state index >= 15 is 0 Å². The first-order valence-electron chi connectivity index (χ1n) is 10.2. The van der Waals surface area contributed by atoms with E-state index in [4.69, 9.17) is 24.1 Å². The van der Waals surface area contributed by atoms with E-state index in [9.17, 15) is 9.59 Å². The molecule has 0 radical (unpaired) electrons. The van der Waals surface area contributed by atoms with Crippen LogP contribution >= 0.6 is 0 Å². The molecule has 1 aromatic rings. The number of likely N-dealkylation sites (N-methyl/N-ethyl adjacent to an activating group) is 1. The number of ether oxygens (including phenoxy) is 4. The summed E-state index contributed by atoms with van der Waals surface area (Å²) in [4.78, 5) is 25.7. The van der Waals surface area contributed by atoms with Crippen molar-refractivity contribution in [3.8, 4) is 11.5 Å². The lowest BCUT2D eigenvalue weighted by Crippen LogP contribution is -2.46. The largest absolute Gasteiger partial charge is 0.493 e. The monoisotopic (exact) mass is 434 g/mol. The molecule has 1 amide bonds. The Kier molecular flexibility index (Phi) is 7.07. The molecule has 1 heterocycles. The molecule has 1 aromatic carbocycles. The Balaban J connectivity index is 1.79. The van der Waals surface area contributed by atoms with Crippen LogP contribution in [0.2, 0.25) is 0 Å². The number of rotatable bonds is 8. The smallest absolute Gasteiger partial charge is 0.413 e. The van der Waals surface area contributed by atoms with E-state index in [-0.39, 0.29) is 18.1 Å². The Morgan fingerprint density at radius 3 is 2.65 bits per heavy atom. The van der Waals surface area contributed by atoms with Crippen LogP contribution in [-0.2, 0) is 19.7 Å². The molecule has 1 saturated heterocycles. The molecule has 1 aliphatic carbocycles. The summed E-state index contributed by atoms with van der Waals surface area (Å²) in [6.45, 7) is 0.776. The predicted molar refractivity (Wildman–Crippen MR) is 112 cm³/mol. The number of nitrogens with one attached hydrogen (secondary N) is 1. The van der Waals surface area contributed by atoms with Gasteiger partial charge in [0, 0.05) is 25.0 Å². The second-order valence-electron chi connectivity index (χ2n) is 7.93. The number of amides is 1. The van der Waals surface area contributed by atoms with Crippen LogP contribution in [0, 0.1) is 0 Å². The van der Waals surface area contributed by atoms with Gasteiger partial charge in [-0.3, -0.25) is 0 Å². The highest BCUT2D eigenvalue weighted by atomic mass is 16.6. The molecular formula is C22H30N2O7. The highest BCUT2D eigenvalue weighted by molar-refractivity contribution is 5.80. The second kappa shape index (κ2) is 9.57. The SMILES string of the molecule is COC[C@@H](NC(=O)OC1=CC[C@@]2(c3ccc(OC)c(OC)c3)CCN(C)[C@H]2C1)C(=O)O. The second-order valence-corrected chi connectivity index (χ2v) is 7.93. The van der Waals surface area contributed by atoms with Gasteiger partial charge in [-0.1, -0.05) is 6.07 Å². The number of carbonyl (C=O) groups is 2. The number of alkyl carbamates (subject to hydrolysis) is 1. The third-order valence-corrected chi connectivity index (χ3v) is 6.27. The van der Waals surface area contributed by atoms with Crippen LogP contribution in [-0.4, -0.2) is 75.7 Å². The molecule has 0 saturated carbocycles. The lowest BCUT2D eigenvalue weighted by atomic mass is 9.68. The van der Waals surface area contributed by atoms with Crippen LogP contribution in [0.25, 0.3) is 0 Å². The average Bonchev–Trinajstić information content (AvgIpc) is 3.10. The summed E-state index contributed by atoms with van der Waals surface area (Å²) in [5.41, 5.74) is 1.03. The van der Waals surface area contributed by atoms with Crippen molar-refractivity contribution in [1.29, 1.82) is 0 Å². The number of likely N-dealkylation sites (tertiary alicyclic amines) is 1. The van der Waals surface area contributed by atoms with Crippen LogP contribution in [0.4, 0.5) is 4.79 Å². The van der Waals surface area contributed by atoms with Crippen LogP contribution in [0.1, 0.15) is 24.8 Å². The maximum atomic E-state index is 12.2. The topological polar surface area (TPSA) is 107 Å². The number of nitrogens with zero attached hydrogens (tertiary/aromatic N) is 1. The van der Waals surface area contributed by atoms with Gasteiger partial charge in [-0.15, -0.1) is 0 Å². The Morgan fingerprint density at radius 2 is 2.00 bits per heavy atom. The molecule has 31 heavy (non-hydrogen) atoms. The summed E-state index contributed by atoms with van der Waals surface area (Å²) in [7, 11) is 6.67. The number of carbonyl (C=O) groups excluding carboxylic acids is 1. The molecule has 1 aliphatic heterocycles. The highest BCUT2D eigenvalue weighted by Crippen LogP contribution is 2.49. The number of hydrogen-bond acceptors (Lipinski definition) is 7. The number of carboxylic acid groups (broad SMARTS) is 1. The van der Waals surface area contributed by atoms with Gasteiger partial charge in [0.25, 0.3) is 0 Å². The zero-order valence-corrected chi connectivity index (χ0v) is 18.3. The summed E-state index contributed by atoms with van der Waals surface area (Å²) < 4.78 is 21.2. The third kappa shape index (κ3) is 4.62. The van der Waals surface area contributed by atoms with E-state index in [0.717, 1.165) is 18.5 Å². The molecule has 2 N–H and O–H groups in total. The van der Waals surface area contributed by atoms with Gasteiger partial charge in [0.05, 0.1) is 20.8 Å². The standard InChI is InChI=1S/C22H30N2O7/c1-24-10-9-22(14-5-6-17(29-3)18(11-14)30-4)8-7-15(12-19(22)24)31-21(27)23-16(13-28-2)20(25)26/h5-7,11,16,19H,8-10,12-13H2,1-4H3,(H,23,27)(H,25,26)/t16-,19+,22+/m1/s1. The Hall–Kier alpha value is -2.78. The number of methoxy groups -OCH3 is 3. The number of carboxylic acids is 1. The molecule has 0 spiro atoms. The van der Waals surface area contributed by atoms with Gasteiger partial charge < -0.3 is 34.3 Å². The van der Waals surface area contributed by atoms with Gasteiger partial charge in [0.2, 0.25) is 0 Å². The zero-order chi connectivity index (χ0) is 22.6. The van der Waals surface area contributed by atoms with Crippen LogP contribution in [0.15, 0.2) is 30.0 Å². The van der Waals surface area contributed by atoms with E-state index in [1.807, 2.05) is 18.2 Å². The van der Waals surface area contributed by atoms with Gasteiger partial charge in [-0.2, -0.15) is 0 Å². The molecule has 0 aromatic heterocycles.